The van der Waals surface area contributed by atoms with Gasteiger partial charge in [0.05, 0.1) is 6.61 Å². The standard InChI is InChI=1S/C24H26N2O7/c1-2-31-21(28)24(15-9-14-20(24)27)26(23(30)33-17-19-12-7-4-8-13-19)25-22(29)32-16-18-10-5-3-6-11-18/h3-8,10-13H,2,9,14-17H2,1H3,(H,25,29). The van der Waals surface area contributed by atoms with E-state index in [2.05, 4.69) is 5.43 Å². The molecule has 174 valence electrons. The van der Waals surface area contributed by atoms with Crippen LogP contribution < -0.4 is 5.43 Å². The van der Waals surface area contributed by atoms with Gasteiger partial charge in [0.25, 0.3) is 0 Å². The number of nitrogens with zero attached hydrogens (tertiary/aromatic N) is 1. The molecule has 1 fully saturated rings. The molecule has 1 N–H and O–H groups in total. The fourth-order valence-electron chi connectivity index (χ4n) is 3.57. The average molecular weight is 454 g/mol. The van der Waals surface area contributed by atoms with E-state index in [9.17, 15) is 19.2 Å². The van der Waals surface area contributed by atoms with E-state index in [0.717, 1.165) is 5.56 Å². The first-order valence-electron chi connectivity index (χ1n) is 10.7. The maximum Gasteiger partial charge on any atom is 0.430 e. The van der Waals surface area contributed by atoms with E-state index in [0.29, 0.717) is 17.0 Å². The Morgan fingerprint density at radius 1 is 0.909 bits per heavy atom. The molecule has 0 heterocycles. The number of ketones is 1. The Hall–Kier alpha value is -3.88. The Morgan fingerprint density at radius 2 is 1.48 bits per heavy atom. The molecule has 0 radical (unpaired) electrons. The zero-order valence-corrected chi connectivity index (χ0v) is 18.3. The van der Waals surface area contributed by atoms with Crippen molar-refractivity contribution in [2.45, 2.75) is 44.9 Å². The van der Waals surface area contributed by atoms with Crippen molar-refractivity contribution in [3.63, 3.8) is 0 Å². The minimum atomic E-state index is -2.02. The van der Waals surface area contributed by atoms with Crippen LogP contribution >= 0.6 is 0 Å². The van der Waals surface area contributed by atoms with Gasteiger partial charge in [0.15, 0.2) is 5.78 Å². The van der Waals surface area contributed by atoms with E-state index in [1.807, 2.05) is 12.1 Å². The Kier molecular flexibility index (Phi) is 8.01. The highest BCUT2D eigenvalue weighted by Crippen LogP contribution is 2.33. The molecule has 3 rings (SSSR count). The van der Waals surface area contributed by atoms with Gasteiger partial charge in [-0.15, -0.1) is 0 Å². The summed E-state index contributed by atoms with van der Waals surface area (Å²) in [4.78, 5) is 51.3. The zero-order valence-electron chi connectivity index (χ0n) is 18.3. The lowest BCUT2D eigenvalue weighted by atomic mass is 9.96. The van der Waals surface area contributed by atoms with Crippen molar-refractivity contribution in [3.05, 3.63) is 71.8 Å². The van der Waals surface area contributed by atoms with Crippen molar-refractivity contribution in [3.8, 4) is 0 Å². The molecule has 2 aromatic carbocycles. The Balaban J connectivity index is 1.81. The smallest absolute Gasteiger partial charge is 0.430 e. The second-order valence-corrected chi connectivity index (χ2v) is 7.41. The Morgan fingerprint density at radius 3 is 2.00 bits per heavy atom. The number of carbonyl (C=O) groups excluding carboxylic acids is 4. The van der Waals surface area contributed by atoms with Gasteiger partial charge in [0.2, 0.25) is 5.54 Å². The van der Waals surface area contributed by atoms with Crippen molar-refractivity contribution in [1.29, 1.82) is 0 Å². The van der Waals surface area contributed by atoms with Crippen molar-refractivity contribution >= 4 is 23.9 Å². The van der Waals surface area contributed by atoms with Crippen molar-refractivity contribution in [2.24, 2.45) is 0 Å². The summed E-state index contributed by atoms with van der Waals surface area (Å²) in [5, 5.41) is 0.622. The molecule has 2 aromatic rings. The highest BCUT2D eigenvalue weighted by molar-refractivity contribution is 6.12. The van der Waals surface area contributed by atoms with E-state index >= 15 is 0 Å². The fourth-order valence-corrected chi connectivity index (χ4v) is 3.57. The van der Waals surface area contributed by atoms with Gasteiger partial charge in [0.1, 0.15) is 13.2 Å². The highest BCUT2D eigenvalue weighted by atomic mass is 16.6. The van der Waals surface area contributed by atoms with Crippen LogP contribution in [0.3, 0.4) is 0 Å². The van der Waals surface area contributed by atoms with Crippen molar-refractivity contribution in [1.82, 2.24) is 10.4 Å². The quantitative estimate of drug-likeness (QED) is 0.295. The number of hydrogen-bond acceptors (Lipinski definition) is 7. The number of esters is 1. The molecular formula is C24H26N2O7. The third kappa shape index (κ3) is 5.68. The Bertz CT molecular complexity index is 981. The van der Waals surface area contributed by atoms with Crippen LogP contribution in [0, 0.1) is 0 Å². The molecule has 0 bridgehead atoms. The van der Waals surface area contributed by atoms with Gasteiger partial charge in [-0.05, 0) is 30.9 Å². The molecule has 1 atom stereocenters. The number of ether oxygens (including phenoxy) is 3. The number of hydrogen-bond donors (Lipinski definition) is 1. The van der Waals surface area contributed by atoms with Gasteiger partial charge in [-0.25, -0.2) is 19.8 Å². The van der Waals surface area contributed by atoms with E-state index in [-0.39, 0.29) is 32.7 Å². The second-order valence-electron chi connectivity index (χ2n) is 7.41. The van der Waals surface area contributed by atoms with Gasteiger partial charge in [-0.1, -0.05) is 60.7 Å². The van der Waals surface area contributed by atoms with Gasteiger partial charge in [0, 0.05) is 6.42 Å². The first-order chi connectivity index (χ1) is 16.0. The van der Waals surface area contributed by atoms with Crippen LogP contribution in [-0.4, -0.2) is 41.1 Å². The molecule has 0 aliphatic heterocycles. The van der Waals surface area contributed by atoms with Gasteiger partial charge in [-0.2, -0.15) is 5.01 Å². The van der Waals surface area contributed by atoms with E-state index in [1.165, 1.54) is 0 Å². The number of hydrazine groups is 1. The molecule has 1 unspecified atom stereocenters. The molecule has 9 heteroatoms. The van der Waals surface area contributed by atoms with Crippen molar-refractivity contribution < 1.29 is 33.4 Å². The van der Waals surface area contributed by atoms with Crippen LogP contribution in [0.1, 0.15) is 37.3 Å². The van der Waals surface area contributed by atoms with E-state index < -0.39 is 29.5 Å². The topological polar surface area (TPSA) is 111 Å². The molecule has 33 heavy (non-hydrogen) atoms. The Labute approximate surface area is 191 Å². The van der Waals surface area contributed by atoms with Crippen LogP contribution in [0.5, 0.6) is 0 Å². The molecule has 9 nitrogen and oxygen atoms in total. The van der Waals surface area contributed by atoms with E-state index in [4.69, 9.17) is 14.2 Å². The number of nitrogens with one attached hydrogen (secondary N) is 1. The SMILES string of the molecule is CCOC(=O)C1(N(NC(=O)OCc2ccccc2)C(=O)OCc2ccccc2)CCCC1=O. The molecule has 0 saturated heterocycles. The number of carbonyl (C=O) groups is 4. The molecule has 1 aliphatic rings. The normalized spacial score (nSPS) is 17.2. The van der Waals surface area contributed by atoms with E-state index in [1.54, 1.807) is 55.5 Å². The highest BCUT2D eigenvalue weighted by Gasteiger charge is 2.58. The largest absolute Gasteiger partial charge is 0.464 e. The minimum absolute atomic E-state index is 0.000774. The summed E-state index contributed by atoms with van der Waals surface area (Å²) in [5.74, 6) is -1.46. The summed E-state index contributed by atoms with van der Waals surface area (Å²) in [6, 6.07) is 17.8. The number of rotatable bonds is 7. The monoisotopic (exact) mass is 454 g/mol. The van der Waals surface area contributed by atoms with Gasteiger partial charge < -0.3 is 14.2 Å². The first kappa shape index (κ1) is 23.8. The lowest BCUT2D eigenvalue weighted by Gasteiger charge is -2.36. The number of benzene rings is 2. The van der Waals surface area contributed by atoms with Crippen LogP contribution in [0.15, 0.2) is 60.7 Å². The summed E-state index contributed by atoms with van der Waals surface area (Å²) in [5.41, 5.74) is 1.65. The second kappa shape index (κ2) is 11.1. The number of amides is 2. The summed E-state index contributed by atoms with van der Waals surface area (Å²) < 4.78 is 15.6. The van der Waals surface area contributed by atoms with Crippen LogP contribution in [0.2, 0.25) is 0 Å². The third-order valence-corrected chi connectivity index (χ3v) is 5.20. The lowest BCUT2D eigenvalue weighted by Crippen LogP contribution is -2.66. The first-order valence-corrected chi connectivity index (χ1v) is 10.7. The van der Waals surface area contributed by atoms with Crippen LogP contribution in [0.4, 0.5) is 9.59 Å². The number of Topliss-reactive ketones (excluding diaryl/α,β-unsaturated/α-hetero) is 1. The zero-order chi connectivity index (χ0) is 23.7. The molecule has 1 saturated carbocycles. The summed E-state index contributed by atoms with van der Waals surface area (Å²) >= 11 is 0. The lowest BCUT2D eigenvalue weighted by molar-refractivity contribution is -0.162. The minimum Gasteiger partial charge on any atom is -0.464 e. The molecule has 1 aliphatic carbocycles. The predicted molar refractivity (Wildman–Crippen MR) is 116 cm³/mol. The predicted octanol–water partition coefficient (Wildman–Crippen LogP) is 3.52. The van der Waals surface area contributed by atoms with Gasteiger partial charge >= 0.3 is 18.2 Å². The third-order valence-electron chi connectivity index (χ3n) is 5.20. The maximum atomic E-state index is 13.0. The average Bonchev–Trinajstić information content (AvgIpc) is 3.23. The molecule has 0 spiro atoms. The summed E-state index contributed by atoms with van der Waals surface area (Å²) in [6.45, 7) is 1.40. The molecule has 0 aromatic heterocycles. The maximum absolute atomic E-state index is 13.0. The molecular weight excluding hydrogens is 428 g/mol. The summed E-state index contributed by atoms with van der Waals surface area (Å²) in [7, 11) is 0. The van der Waals surface area contributed by atoms with Gasteiger partial charge in [-0.3, -0.25) is 4.79 Å². The van der Waals surface area contributed by atoms with Crippen molar-refractivity contribution in [2.75, 3.05) is 6.61 Å². The summed E-state index contributed by atoms with van der Waals surface area (Å²) in [6.07, 6.45) is -1.69. The fraction of sp³-hybridized carbons (Fsp3) is 0.333. The van der Waals surface area contributed by atoms with Crippen LogP contribution in [-0.2, 0) is 37.0 Å². The van der Waals surface area contributed by atoms with Crippen LogP contribution in [0.25, 0.3) is 0 Å². The molecule has 2 amide bonds.